The van der Waals surface area contributed by atoms with Crippen molar-refractivity contribution in [3.8, 4) is 5.75 Å². The Kier molecular flexibility index (Phi) is 9.49. The number of anilines is 1. The molecule has 4 aromatic rings. The van der Waals surface area contributed by atoms with E-state index in [9.17, 15) is 25.9 Å². The molecule has 0 saturated carbocycles. The summed E-state index contributed by atoms with van der Waals surface area (Å²) in [5.74, 6) is -0.221. The highest BCUT2D eigenvalue weighted by Gasteiger charge is 2.27. The summed E-state index contributed by atoms with van der Waals surface area (Å²) in [4.78, 5) is 3.01. The molecule has 0 bridgehead atoms. The lowest BCUT2D eigenvalue weighted by Crippen LogP contribution is -2.36. The monoisotopic (exact) mass is 659 g/mol. The van der Waals surface area contributed by atoms with E-state index in [4.69, 9.17) is 4.74 Å². The van der Waals surface area contributed by atoms with Gasteiger partial charge in [-0.15, -0.1) is 0 Å². The maximum Gasteiger partial charge on any atom is 0.263 e. The van der Waals surface area contributed by atoms with E-state index in [2.05, 4.69) is 28.9 Å². The maximum atomic E-state index is 11.4. The van der Waals surface area contributed by atoms with Crippen LogP contribution < -0.4 is 14.2 Å². The summed E-state index contributed by atoms with van der Waals surface area (Å²) in [6.07, 6.45) is 5.21. The van der Waals surface area contributed by atoms with Crippen LogP contribution in [0.3, 0.4) is 0 Å². The standard InChI is InChI=1S/C30H32N2O7S4/c1-3-21(18-28-31(14-6-16-42(33,34)35)25-20-23(39-2)11-13-26(25)40-28)19-29-32(15-7-17-43(36,37)38)30-24-9-5-4-8-22(24)10-12-27(30)41-29/h4-5,8-13,18-20H,3,6-7,14-17H2,1-2H3,(H-,33,34,35,36,37,38)/p-1. The predicted octanol–water partition coefficient (Wildman–Crippen LogP) is 5.47. The molecule has 3 aromatic carbocycles. The Morgan fingerprint density at radius 3 is 2.47 bits per heavy atom. The van der Waals surface area contributed by atoms with Crippen LogP contribution in [-0.2, 0) is 26.8 Å². The number of hydrogen-bond acceptors (Lipinski definition) is 10. The topological polar surface area (TPSA) is 131 Å². The largest absolute Gasteiger partial charge is 0.748 e. The van der Waals surface area contributed by atoms with Crippen molar-refractivity contribution in [3.63, 3.8) is 0 Å². The Labute approximate surface area is 260 Å². The number of benzene rings is 3. The fraction of sp³-hybridized carbons (Fsp3) is 0.300. The van der Waals surface area contributed by atoms with Crippen molar-refractivity contribution in [3.05, 3.63) is 76.3 Å². The third-order valence-corrected chi connectivity index (χ3v) is 10.9. The van der Waals surface area contributed by atoms with Crippen LogP contribution in [0.4, 0.5) is 5.69 Å². The van der Waals surface area contributed by atoms with Gasteiger partial charge in [0.1, 0.15) is 10.4 Å². The van der Waals surface area contributed by atoms with Gasteiger partial charge in [0.05, 0.1) is 43.4 Å². The highest BCUT2D eigenvalue weighted by atomic mass is 32.2. The maximum absolute atomic E-state index is 11.4. The van der Waals surface area contributed by atoms with Crippen LogP contribution in [0.15, 0.2) is 76.2 Å². The first-order chi connectivity index (χ1) is 20.5. The van der Waals surface area contributed by atoms with E-state index in [1.807, 2.05) is 54.3 Å². The molecule has 5 rings (SSSR count). The Bertz CT molecular complexity index is 1950. The van der Waals surface area contributed by atoms with E-state index in [1.165, 1.54) is 0 Å². The number of nitrogens with zero attached hydrogens (tertiary/aromatic N) is 2. The summed E-state index contributed by atoms with van der Waals surface area (Å²) in [6.45, 7) is 2.75. The number of rotatable bonds is 12. The van der Waals surface area contributed by atoms with Gasteiger partial charge in [-0.2, -0.15) is 4.57 Å². The van der Waals surface area contributed by atoms with Gasteiger partial charge in [0.15, 0.2) is 6.54 Å². The predicted molar refractivity (Wildman–Crippen MR) is 170 cm³/mol. The summed E-state index contributed by atoms with van der Waals surface area (Å²) >= 11 is 3.16. The molecule has 0 spiro atoms. The zero-order chi connectivity index (χ0) is 30.8. The number of hydrogen-bond donors (Lipinski definition) is 0. The molecule has 1 aromatic heterocycles. The minimum atomic E-state index is -4.34. The first kappa shape index (κ1) is 31.5. The Balaban J connectivity index is 1.57. The lowest BCUT2D eigenvalue weighted by Gasteiger charge is -2.21. The molecular formula is C30H31N2O7S4-. The summed E-state index contributed by atoms with van der Waals surface area (Å²) in [5, 5.41) is 3.94. The molecule has 0 unspecified atom stereocenters. The zero-order valence-corrected chi connectivity index (χ0v) is 27.0. The van der Waals surface area contributed by atoms with Gasteiger partial charge in [-0.25, -0.2) is 16.8 Å². The molecule has 1 aliphatic heterocycles. The Morgan fingerprint density at radius 2 is 1.74 bits per heavy atom. The van der Waals surface area contributed by atoms with Gasteiger partial charge in [0.2, 0.25) is 5.52 Å². The molecule has 2 heterocycles. The van der Waals surface area contributed by atoms with E-state index in [0.29, 0.717) is 25.3 Å². The van der Waals surface area contributed by atoms with Crippen molar-refractivity contribution in [1.29, 1.82) is 0 Å². The Hall–Kier alpha value is -2.94. The van der Waals surface area contributed by atoms with E-state index in [-0.39, 0.29) is 12.8 Å². The second-order valence-electron chi connectivity index (χ2n) is 10.1. The third kappa shape index (κ3) is 7.59. The number of aromatic nitrogens is 1. The number of aryl methyl sites for hydroxylation is 1. The van der Waals surface area contributed by atoms with Crippen molar-refractivity contribution >= 4 is 76.1 Å². The normalized spacial score (nSPS) is 15.1. The summed E-state index contributed by atoms with van der Waals surface area (Å²) in [7, 11) is -7.10. The molecular weight excluding hydrogens is 629 g/mol. The van der Waals surface area contributed by atoms with E-state index < -0.39 is 31.7 Å². The molecule has 13 heteroatoms. The SMILES string of the molecule is CCC(=Cc1sc2ccc3ccccc3c2[n+]1CCCS(=O)(=O)[O-])C=C1Sc2ccc(OC)cc2N1CCCS(=O)(=O)[O-]. The van der Waals surface area contributed by atoms with Gasteiger partial charge in [0.25, 0.3) is 5.01 Å². The quantitative estimate of drug-likeness (QED) is 0.144. The molecule has 0 saturated heterocycles. The number of thioether (sulfide) groups is 1. The lowest BCUT2D eigenvalue weighted by molar-refractivity contribution is -0.667. The second-order valence-corrected chi connectivity index (χ2v) is 15.3. The number of methoxy groups -OCH3 is 1. The zero-order valence-electron chi connectivity index (χ0n) is 23.7. The van der Waals surface area contributed by atoms with Crippen LogP contribution in [0.1, 0.15) is 31.2 Å². The molecule has 0 fully saturated rings. The molecule has 43 heavy (non-hydrogen) atoms. The fourth-order valence-corrected chi connectivity index (χ4v) is 8.40. The molecule has 0 N–H and O–H groups in total. The molecule has 9 nitrogen and oxygen atoms in total. The summed E-state index contributed by atoms with van der Waals surface area (Å²) in [5.41, 5.74) is 2.89. The fourth-order valence-electron chi connectivity index (χ4n) is 5.11. The number of allylic oxidation sites excluding steroid dienone is 2. The van der Waals surface area contributed by atoms with E-state index in [0.717, 1.165) is 47.2 Å². The lowest BCUT2D eigenvalue weighted by atomic mass is 10.1. The minimum absolute atomic E-state index is 0.178. The first-order valence-electron chi connectivity index (χ1n) is 13.7. The molecule has 0 radical (unpaired) electrons. The summed E-state index contributed by atoms with van der Waals surface area (Å²) in [6, 6.07) is 17.9. The highest BCUT2D eigenvalue weighted by Crippen LogP contribution is 2.48. The molecule has 0 atom stereocenters. The van der Waals surface area contributed by atoms with Crippen LogP contribution in [0.2, 0.25) is 0 Å². The van der Waals surface area contributed by atoms with Crippen LogP contribution >= 0.6 is 23.1 Å². The molecule has 0 aliphatic carbocycles. The van der Waals surface area contributed by atoms with Gasteiger partial charge in [-0.05, 0) is 54.1 Å². The van der Waals surface area contributed by atoms with E-state index >= 15 is 0 Å². The van der Waals surface area contributed by atoms with Gasteiger partial charge < -0.3 is 18.7 Å². The van der Waals surface area contributed by atoms with Crippen LogP contribution in [0.25, 0.3) is 27.1 Å². The highest BCUT2D eigenvalue weighted by molar-refractivity contribution is 8.03. The number of ether oxygens (including phenoxy) is 1. The van der Waals surface area contributed by atoms with Crippen molar-refractivity contribution < 1.29 is 35.2 Å². The molecule has 1 aliphatic rings. The smallest absolute Gasteiger partial charge is 0.263 e. The average Bonchev–Trinajstić information content (AvgIpc) is 3.48. The minimum Gasteiger partial charge on any atom is -0.748 e. The number of thiazole rings is 1. The van der Waals surface area contributed by atoms with E-state index in [1.54, 1.807) is 30.2 Å². The summed E-state index contributed by atoms with van der Waals surface area (Å²) < 4.78 is 76.6. The number of fused-ring (bicyclic) bond motifs is 4. The van der Waals surface area contributed by atoms with Gasteiger partial charge >= 0.3 is 0 Å². The van der Waals surface area contributed by atoms with Gasteiger partial charge in [0, 0.05) is 41.5 Å². The van der Waals surface area contributed by atoms with Crippen LogP contribution in [-0.4, -0.2) is 51.1 Å². The van der Waals surface area contributed by atoms with Crippen LogP contribution in [0.5, 0.6) is 5.75 Å². The Morgan fingerprint density at radius 1 is 1.00 bits per heavy atom. The average molecular weight is 660 g/mol. The van der Waals surface area contributed by atoms with Gasteiger partial charge in [-0.3, -0.25) is 0 Å². The van der Waals surface area contributed by atoms with Crippen molar-refractivity contribution in [2.45, 2.75) is 37.6 Å². The van der Waals surface area contributed by atoms with Crippen LogP contribution in [0, 0.1) is 0 Å². The van der Waals surface area contributed by atoms with Crippen molar-refractivity contribution in [2.75, 3.05) is 30.1 Å². The molecule has 0 amide bonds. The van der Waals surface area contributed by atoms with Crippen molar-refractivity contribution in [2.24, 2.45) is 0 Å². The molecule has 228 valence electrons. The third-order valence-electron chi connectivity index (χ3n) is 7.13. The van der Waals surface area contributed by atoms with Crippen molar-refractivity contribution in [1.82, 2.24) is 0 Å². The van der Waals surface area contributed by atoms with Gasteiger partial charge in [-0.1, -0.05) is 54.3 Å². The second kappa shape index (κ2) is 13.0. The first-order valence-corrected chi connectivity index (χ1v) is 18.5.